The maximum absolute atomic E-state index is 12.2. The fourth-order valence-electron chi connectivity index (χ4n) is 2.09. The summed E-state index contributed by atoms with van der Waals surface area (Å²) in [6.07, 6.45) is 6.56. The quantitative estimate of drug-likeness (QED) is 0.504. The molecule has 2 rings (SSSR count). The molecule has 21 heavy (non-hydrogen) atoms. The van der Waals surface area contributed by atoms with Crippen LogP contribution >= 0.6 is 0 Å². The molecule has 5 nitrogen and oxygen atoms in total. The Bertz CT molecular complexity index is 589. The number of esters is 1. The van der Waals surface area contributed by atoms with Gasteiger partial charge in [-0.15, -0.1) is 0 Å². The molecule has 0 amide bonds. The van der Waals surface area contributed by atoms with E-state index in [1.165, 1.54) is 18.2 Å². The molecule has 1 aliphatic heterocycles. The highest BCUT2D eigenvalue weighted by Gasteiger charge is 2.20. The van der Waals surface area contributed by atoms with Gasteiger partial charge in [0, 0.05) is 12.5 Å². The average molecular weight is 290 g/mol. The maximum atomic E-state index is 12.2. The molecule has 3 N–H and O–H groups in total. The topological polar surface area (TPSA) is 87.0 Å². The molecule has 0 bridgehead atoms. The highest BCUT2D eigenvalue weighted by Crippen LogP contribution is 2.29. The van der Waals surface area contributed by atoms with Crippen molar-refractivity contribution in [2.75, 3.05) is 0 Å². The molecule has 2 unspecified atom stereocenters. The minimum atomic E-state index is -0.704. The number of aromatic hydroxyl groups is 2. The largest absolute Gasteiger partial charge is 0.508 e. The molecule has 1 aromatic rings. The lowest BCUT2D eigenvalue weighted by atomic mass is 10.0. The lowest BCUT2D eigenvalue weighted by Gasteiger charge is -2.15. The normalized spacial score (nSPS) is 22.9. The Morgan fingerprint density at radius 1 is 1.19 bits per heavy atom. The number of phenolic OH excluding ortho intramolecular Hbond substituents is 2. The molecule has 0 saturated heterocycles. The Hall–Kier alpha value is -2.27. The molecule has 0 fully saturated rings. The smallest absolute Gasteiger partial charge is 0.342 e. The Morgan fingerprint density at radius 3 is 2.67 bits per heavy atom. The second-order valence-corrected chi connectivity index (χ2v) is 5.01. The first-order valence-electron chi connectivity index (χ1n) is 6.75. The van der Waals surface area contributed by atoms with E-state index in [1.807, 2.05) is 12.2 Å². The Labute approximate surface area is 122 Å². The molecular formula is C16H18O5. The molecule has 1 heterocycles. The predicted octanol–water partition coefficient (Wildman–Crippen LogP) is 2.37. The van der Waals surface area contributed by atoms with Gasteiger partial charge in [-0.25, -0.2) is 4.79 Å². The van der Waals surface area contributed by atoms with Gasteiger partial charge < -0.3 is 20.1 Å². The summed E-state index contributed by atoms with van der Waals surface area (Å²) in [5, 5.41) is 29.2. The summed E-state index contributed by atoms with van der Waals surface area (Å²) in [5.74, 6) is -1.18. The third kappa shape index (κ3) is 3.86. The summed E-state index contributed by atoms with van der Waals surface area (Å²) in [7, 11) is 0. The number of aliphatic hydroxyl groups excluding tert-OH is 1. The second kappa shape index (κ2) is 6.45. The summed E-state index contributed by atoms with van der Waals surface area (Å²) >= 11 is 0. The predicted molar refractivity (Wildman–Crippen MR) is 78.1 cm³/mol. The third-order valence-electron chi connectivity index (χ3n) is 3.16. The zero-order valence-electron chi connectivity index (χ0n) is 11.7. The van der Waals surface area contributed by atoms with Crippen LogP contribution in [-0.2, 0) is 4.74 Å². The monoisotopic (exact) mass is 290 g/mol. The standard InChI is InChI=1S/C16H18O5/c1-10-4-2-3-5-12(17)7-6-11-8-13(18)9-14(19)15(11)16(20)21-10/h2-3,6-10,12,17-19H,4-5H2,1H3. The zero-order chi connectivity index (χ0) is 15.4. The van der Waals surface area contributed by atoms with Crippen LogP contribution in [0.4, 0.5) is 0 Å². The van der Waals surface area contributed by atoms with Gasteiger partial charge in [0.05, 0.1) is 6.10 Å². The highest BCUT2D eigenvalue weighted by molar-refractivity contribution is 5.97. The number of carbonyl (C=O) groups is 1. The van der Waals surface area contributed by atoms with Gasteiger partial charge >= 0.3 is 5.97 Å². The van der Waals surface area contributed by atoms with Crippen LogP contribution < -0.4 is 0 Å². The average Bonchev–Trinajstić information content (AvgIpc) is 2.39. The van der Waals surface area contributed by atoms with Gasteiger partial charge in [0.1, 0.15) is 23.2 Å². The van der Waals surface area contributed by atoms with Gasteiger partial charge in [-0.1, -0.05) is 24.3 Å². The Kier molecular flexibility index (Phi) is 4.65. The van der Waals surface area contributed by atoms with Crippen LogP contribution in [0.5, 0.6) is 11.5 Å². The summed E-state index contributed by atoms with van der Waals surface area (Å²) in [6, 6.07) is 2.42. The van der Waals surface area contributed by atoms with Crippen LogP contribution in [0.3, 0.4) is 0 Å². The van der Waals surface area contributed by atoms with Crippen molar-refractivity contribution in [3.05, 3.63) is 41.5 Å². The van der Waals surface area contributed by atoms with Gasteiger partial charge in [0.15, 0.2) is 0 Å². The number of aliphatic hydroxyl groups is 1. The molecule has 112 valence electrons. The van der Waals surface area contributed by atoms with E-state index in [1.54, 1.807) is 6.92 Å². The van der Waals surface area contributed by atoms with E-state index in [0.29, 0.717) is 18.4 Å². The third-order valence-corrected chi connectivity index (χ3v) is 3.16. The first-order valence-corrected chi connectivity index (χ1v) is 6.75. The molecule has 0 saturated carbocycles. The number of cyclic esters (lactones) is 1. The van der Waals surface area contributed by atoms with E-state index in [4.69, 9.17) is 4.74 Å². The van der Waals surface area contributed by atoms with Gasteiger partial charge in [-0.2, -0.15) is 0 Å². The van der Waals surface area contributed by atoms with Crippen molar-refractivity contribution in [2.24, 2.45) is 0 Å². The Morgan fingerprint density at radius 2 is 1.90 bits per heavy atom. The summed E-state index contributed by atoms with van der Waals surface area (Å²) in [4.78, 5) is 12.2. The minimum Gasteiger partial charge on any atom is -0.508 e. The van der Waals surface area contributed by atoms with Crippen molar-refractivity contribution in [1.82, 2.24) is 0 Å². The van der Waals surface area contributed by atoms with Crippen LogP contribution in [0.25, 0.3) is 6.08 Å². The lowest BCUT2D eigenvalue weighted by Crippen LogP contribution is -2.16. The molecule has 0 spiro atoms. The number of ether oxygens (including phenoxy) is 1. The number of rotatable bonds is 0. The van der Waals surface area contributed by atoms with E-state index >= 15 is 0 Å². The SMILES string of the molecule is CC1CC=CCC(O)C=Cc2cc(O)cc(O)c2C(=O)O1. The second-order valence-electron chi connectivity index (χ2n) is 5.01. The molecule has 0 radical (unpaired) electrons. The van der Waals surface area contributed by atoms with E-state index in [-0.39, 0.29) is 23.2 Å². The van der Waals surface area contributed by atoms with Crippen molar-refractivity contribution in [2.45, 2.75) is 32.0 Å². The summed E-state index contributed by atoms with van der Waals surface area (Å²) < 4.78 is 5.27. The zero-order valence-corrected chi connectivity index (χ0v) is 11.7. The fourth-order valence-corrected chi connectivity index (χ4v) is 2.09. The number of hydrogen-bond donors (Lipinski definition) is 3. The van der Waals surface area contributed by atoms with Crippen molar-refractivity contribution in [1.29, 1.82) is 0 Å². The number of carbonyl (C=O) groups excluding carboxylic acids is 1. The molecular weight excluding hydrogens is 272 g/mol. The number of phenols is 2. The minimum absolute atomic E-state index is 0.0207. The van der Waals surface area contributed by atoms with Gasteiger partial charge in [0.2, 0.25) is 0 Å². The number of fused-ring (bicyclic) bond motifs is 1. The number of benzene rings is 1. The first kappa shape index (κ1) is 15.1. The van der Waals surface area contributed by atoms with Gasteiger partial charge in [-0.3, -0.25) is 0 Å². The van der Waals surface area contributed by atoms with Crippen LogP contribution in [-0.4, -0.2) is 33.5 Å². The van der Waals surface area contributed by atoms with Crippen LogP contribution in [0.15, 0.2) is 30.4 Å². The highest BCUT2D eigenvalue weighted by atomic mass is 16.5. The number of hydrogen-bond acceptors (Lipinski definition) is 5. The van der Waals surface area contributed by atoms with Gasteiger partial charge in [0.25, 0.3) is 0 Å². The van der Waals surface area contributed by atoms with E-state index in [9.17, 15) is 20.1 Å². The molecule has 2 atom stereocenters. The van der Waals surface area contributed by atoms with E-state index in [0.717, 1.165) is 6.07 Å². The molecule has 5 heteroatoms. The van der Waals surface area contributed by atoms with E-state index < -0.39 is 12.1 Å². The Balaban J connectivity index is 2.48. The fraction of sp³-hybridized carbons (Fsp3) is 0.312. The molecule has 0 aromatic heterocycles. The van der Waals surface area contributed by atoms with Gasteiger partial charge in [-0.05, 0) is 25.0 Å². The van der Waals surface area contributed by atoms with Crippen LogP contribution in [0, 0.1) is 0 Å². The molecule has 1 aliphatic rings. The van der Waals surface area contributed by atoms with Crippen molar-refractivity contribution in [3.63, 3.8) is 0 Å². The van der Waals surface area contributed by atoms with Crippen molar-refractivity contribution in [3.8, 4) is 11.5 Å². The summed E-state index contributed by atoms with van der Waals surface area (Å²) in [5.41, 5.74) is 0.279. The molecule has 0 aliphatic carbocycles. The summed E-state index contributed by atoms with van der Waals surface area (Å²) in [6.45, 7) is 1.75. The van der Waals surface area contributed by atoms with Crippen molar-refractivity contribution < 1.29 is 24.9 Å². The van der Waals surface area contributed by atoms with E-state index in [2.05, 4.69) is 0 Å². The first-order chi connectivity index (χ1) is 9.97. The molecule has 1 aromatic carbocycles. The van der Waals surface area contributed by atoms with Crippen LogP contribution in [0.2, 0.25) is 0 Å². The lowest BCUT2D eigenvalue weighted by molar-refractivity contribution is 0.0344. The van der Waals surface area contributed by atoms with Crippen LogP contribution in [0.1, 0.15) is 35.7 Å². The maximum Gasteiger partial charge on any atom is 0.342 e. The van der Waals surface area contributed by atoms with Crippen molar-refractivity contribution >= 4 is 12.0 Å².